The lowest BCUT2D eigenvalue weighted by Gasteiger charge is -2.16. The number of rotatable bonds is 5. The summed E-state index contributed by atoms with van der Waals surface area (Å²) in [7, 11) is 0. The first-order chi connectivity index (χ1) is 16.2. The van der Waals surface area contributed by atoms with Gasteiger partial charge in [-0.2, -0.15) is 0 Å². The van der Waals surface area contributed by atoms with Crippen LogP contribution in [0.3, 0.4) is 0 Å². The first-order valence-electron chi connectivity index (χ1n) is 10.7. The maximum atomic E-state index is 10.5. The van der Waals surface area contributed by atoms with Gasteiger partial charge in [0, 0.05) is 42.7 Å². The van der Waals surface area contributed by atoms with Gasteiger partial charge in [-0.3, -0.25) is 9.97 Å². The molecule has 0 radical (unpaired) electrons. The average molecular weight is 469 g/mol. The molecule has 0 saturated heterocycles. The van der Waals surface area contributed by atoms with E-state index in [1.807, 2.05) is 54.6 Å². The fourth-order valence-electron chi connectivity index (χ4n) is 4.20. The topological polar surface area (TPSA) is 80.2 Å². The molecule has 6 nitrogen and oxygen atoms in total. The molecule has 0 spiro atoms. The van der Waals surface area contributed by atoms with Crippen LogP contribution < -0.4 is 10.1 Å². The zero-order valence-corrected chi connectivity index (χ0v) is 18.4. The van der Waals surface area contributed by atoms with Crippen LogP contribution in [0.4, 0.5) is 5.13 Å². The molecule has 2 atom stereocenters. The number of pyridine rings is 2. The number of nitrogens with one attached hydrogen (secondary N) is 1. The van der Waals surface area contributed by atoms with E-state index in [0.29, 0.717) is 12.2 Å². The van der Waals surface area contributed by atoms with Crippen molar-refractivity contribution in [3.05, 3.63) is 96.4 Å². The lowest BCUT2D eigenvalue weighted by atomic mass is 10.1. The molecule has 2 N–H and O–H groups in total. The molecular weight excluding hydrogens is 444 g/mol. The standard InChI is InChI=1S/C26H20N4O2S.CH4/c31-23-13-17-3-1-2-4-20(17)25(23)30-26-29-21-6-5-18(15-24(21)33-26)32-19-9-12-28-22(14-19)16-7-10-27-11-8-16;/h1-12,14-15,23,25,31H,13H2,(H,29,30);1H4/t23-,25+;/m0./s1. The normalized spacial score (nSPS) is 16.6. The molecule has 3 aromatic heterocycles. The molecule has 6 rings (SSSR count). The minimum Gasteiger partial charge on any atom is -0.457 e. The highest BCUT2D eigenvalue weighted by atomic mass is 32.1. The van der Waals surface area contributed by atoms with Crippen LogP contribution in [0.15, 0.2) is 85.3 Å². The molecule has 170 valence electrons. The number of anilines is 1. The van der Waals surface area contributed by atoms with Gasteiger partial charge in [0.2, 0.25) is 0 Å². The van der Waals surface area contributed by atoms with E-state index in [0.717, 1.165) is 37.9 Å². The van der Waals surface area contributed by atoms with Gasteiger partial charge in [-0.05, 0) is 41.5 Å². The lowest BCUT2D eigenvalue weighted by molar-refractivity contribution is 0.166. The third-order valence-electron chi connectivity index (χ3n) is 5.79. The van der Waals surface area contributed by atoms with E-state index in [2.05, 4.69) is 27.4 Å². The molecule has 0 aliphatic heterocycles. The summed E-state index contributed by atoms with van der Waals surface area (Å²) in [5.41, 5.74) is 5.02. The number of fused-ring (bicyclic) bond motifs is 2. The van der Waals surface area contributed by atoms with Crippen LogP contribution >= 0.6 is 11.3 Å². The van der Waals surface area contributed by atoms with Crippen LogP contribution in [0.2, 0.25) is 0 Å². The highest BCUT2D eigenvalue weighted by molar-refractivity contribution is 7.22. The van der Waals surface area contributed by atoms with E-state index in [9.17, 15) is 5.11 Å². The van der Waals surface area contributed by atoms with Crippen LogP contribution in [0.25, 0.3) is 21.5 Å². The molecule has 34 heavy (non-hydrogen) atoms. The number of benzene rings is 2. The Morgan fingerprint density at radius 1 is 0.941 bits per heavy atom. The Morgan fingerprint density at radius 3 is 2.65 bits per heavy atom. The van der Waals surface area contributed by atoms with Gasteiger partial charge in [-0.15, -0.1) is 0 Å². The largest absolute Gasteiger partial charge is 0.457 e. The SMILES string of the molecule is C.O[C@H]1Cc2ccccc2[C@H]1Nc1nc2ccc(Oc3ccnc(-c4ccncc4)c3)cc2s1. The fraction of sp³-hybridized carbons (Fsp3) is 0.148. The van der Waals surface area contributed by atoms with Crippen molar-refractivity contribution >= 4 is 26.7 Å². The Bertz CT molecular complexity index is 1440. The number of thiazole rings is 1. The summed E-state index contributed by atoms with van der Waals surface area (Å²) in [6, 6.07) is 21.5. The number of hydrogen-bond acceptors (Lipinski definition) is 7. The van der Waals surface area contributed by atoms with E-state index in [-0.39, 0.29) is 13.5 Å². The zero-order valence-electron chi connectivity index (χ0n) is 17.6. The molecule has 7 heteroatoms. The Balaban J connectivity index is 0.00000241. The van der Waals surface area contributed by atoms with Gasteiger partial charge in [-0.1, -0.05) is 43.0 Å². The second-order valence-corrected chi connectivity index (χ2v) is 8.99. The van der Waals surface area contributed by atoms with Gasteiger partial charge in [0.1, 0.15) is 11.5 Å². The number of hydrogen-bond donors (Lipinski definition) is 2. The molecule has 1 aliphatic rings. The second-order valence-electron chi connectivity index (χ2n) is 7.96. The van der Waals surface area contributed by atoms with Crippen LogP contribution in [0.1, 0.15) is 24.6 Å². The maximum absolute atomic E-state index is 10.5. The minimum atomic E-state index is -0.463. The summed E-state index contributed by atoms with van der Waals surface area (Å²) in [4.78, 5) is 13.2. The highest BCUT2D eigenvalue weighted by Gasteiger charge is 2.31. The molecule has 0 amide bonds. The number of ether oxygens (including phenoxy) is 1. The van der Waals surface area contributed by atoms with Gasteiger partial charge >= 0.3 is 0 Å². The summed E-state index contributed by atoms with van der Waals surface area (Å²) < 4.78 is 7.13. The van der Waals surface area contributed by atoms with E-state index in [1.165, 1.54) is 5.56 Å². The third kappa shape index (κ3) is 4.23. The molecule has 0 bridgehead atoms. The van der Waals surface area contributed by atoms with Crippen molar-refractivity contribution in [1.29, 1.82) is 0 Å². The first kappa shape index (κ1) is 22.0. The molecular formula is C27H24N4O2S. The van der Waals surface area contributed by atoms with Gasteiger partial charge < -0.3 is 15.2 Å². The van der Waals surface area contributed by atoms with E-state index in [1.54, 1.807) is 29.9 Å². The molecule has 0 fully saturated rings. The van der Waals surface area contributed by atoms with Crippen molar-refractivity contribution in [2.24, 2.45) is 0 Å². The van der Waals surface area contributed by atoms with Gasteiger partial charge in [0.25, 0.3) is 0 Å². The minimum absolute atomic E-state index is 0. The molecule has 1 aliphatic carbocycles. The molecule has 3 heterocycles. The van der Waals surface area contributed by atoms with Crippen LogP contribution in [-0.4, -0.2) is 26.2 Å². The summed E-state index contributed by atoms with van der Waals surface area (Å²) in [6.45, 7) is 0. The highest BCUT2D eigenvalue weighted by Crippen LogP contribution is 2.37. The summed E-state index contributed by atoms with van der Waals surface area (Å²) in [6.07, 6.45) is 5.43. The summed E-state index contributed by atoms with van der Waals surface area (Å²) >= 11 is 1.55. The van der Waals surface area contributed by atoms with Crippen molar-refractivity contribution in [3.63, 3.8) is 0 Å². The van der Waals surface area contributed by atoms with Crippen LogP contribution in [0, 0.1) is 0 Å². The monoisotopic (exact) mass is 468 g/mol. The van der Waals surface area contributed by atoms with Crippen molar-refractivity contribution in [2.45, 2.75) is 26.0 Å². The first-order valence-corrected chi connectivity index (χ1v) is 11.5. The zero-order chi connectivity index (χ0) is 22.2. The average Bonchev–Trinajstić information content (AvgIpc) is 3.39. The maximum Gasteiger partial charge on any atom is 0.184 e. The number of aliphatic hydroxyl groups is 1. The number of nitrogens with zero attached hydrogens (tertiary/aromatic N) is 3. The lowest BCUT2D eigenvalue weighted by Crippen LogP contribution is -2.20. The van der Waals surface area contributed by atoms with Crippen LogP contribution in [0.5, 0.6) is 11.5 Å². The van der Waals surface area contributed by atoms with Crippen LogP contribution in [-0.2, 0) is 6.42 Å². The van der Waals surface area contributed by atoms with E-state index < -0.39 is 6.10 Å². The fourth-order valence-corrected chi connectivity index (χ4v) is 5.13. The Labute approximate surface area is 202 Å². The molecule has 2 aromatic carbocycles. The van der Waals surface area contributed by atoms with Crippen molar-refractivity contribution in [3.8, 4) is 22.8 Å². The van der Waals surface area contributed by atoms with Crippen molar-refractivity contribution in [1.82, 2.24) is 15.0 Å². The predicted molar refractivity (Wildman–Crippen MR) is 136 cm³/mol. The smallest absolute Gasteiger partial charge is 0.184 e. The third-order valence-corrected chi connectivity index (χ3v) is 6.74. The van der Waals surface area contributed by atoms with Crippen molar-refractivity contribution in [2.75, 3.05) is 5.32 Å². The van der Waals surface area contributed by atoms with Gasteiger partial charge in [0.05, 0.1) is 28.1 Å². The quantitative estimate of drug-likeness (QED) is 0.317. The van der Waals surface area contributed by atoms with Gasteiger partial charge in [-0.25, -0.2) is 4.98 Å². The Morgan fingerprint density at radius 2 is 1.76 bits per heavy atom. The molecule has 5 aromatic rings. The summed E-state index contributed by atoms with van der Waals surface area (Å²) in [5, 5.41) is 14.8. The predicted octanol–water partition coefficient (Wildman–Crippen LogP) is 6.25. The van der Waals surface area contributed by atoms with E-state index >= 15 is 0 Å². The van der Waals surface area contributed by atoms with Crippen molar-refractivity contribution < 1.29 is 9.84 Å². The Hall–Kier alpha value is -3.81. The number of aliphatic hydroxyl groups excluding tert-OH is 1. The molecule has 0 saturated carbocycles. The number of aromatic nitrogens is 3. The van der Waals surface area contributed by atoms with Gasteiger partial charge in [0.15, 0.2) is 5.13 Å². The second kappa shape index (κ2) is 9.21. The van der Waals surface area contributed by atoms with E-state index in [4.69, 9.17) is 9.72 Å². The molecule has 0 unspecified atom stereocenters. The Kier molecular flexibility index (Phi) is 5.96. The summed E-state index contributed by atoms with van der Waals surface area (Å²) in [5.74, 6) is 1.44.